The largest absolute Gasteiger partial charge is 0.453 e. The molecule has 1 aliphatic carbocycles. The van der Waals surface area contributed by atoms with Crippen LogP contribution in [0.3, 0.4) is 0 Å². The minimum atomic E-state index is -2.10. The summed E-state index contributed by atoms with van der Waals surface area (Å²) in [6.07, 6.45) is -3.78. The fourth-order valence-electron chi connectivity index (χ4n) is 6.56. The van der Waals surface area contributed by atoms with E-state index in [0.29, 0.717) is 11.1 Å². The predicted octanol–water partition coefficient (Wildman–Crippen LogP) is 3.11. The van der Waals surface area contributed by atoms with Crippen molar-refractivity contribution in [3.8, 4) is 12.1 Å². The molecule has 2 aromatic carbocycles. The van der Waals surface area contributed by atoms with Gasteiger partial charge in [-0.2, -0.15) is 10.5 Å². The molecule has 0 spiro atoms. The fraction of sp³-hybridized carbons (Fsp3) is 0.385. The molecule has 2 heterocycles. The second kappa shape index (κ2) is 8.23. The maximum Gasteiger partial charge on any atom is 0.413 e. The first-order chi connectivity index (χ1) is 17.4. The zero-order valence-electron chi connectivity index (χ0n) is 20.2. The molecule has 36 heavy (non-hydrogen) atoms. The SMILES string of the molecule is COC(=O)N1[C@H](OC)[C@H]2c3ccccc3[C@]1(C#N)[C@@]1(C#N)c3ccccc3[C@@H]2[C@H](OC)N1C(=O)OC. The standard InChI is InChI=1S/C26H24N4O6/c1-33-21-19-15-9-5-7-11-17(15)25(13-27,29(21)23(31)35-3)26(14-28)18-12-8-6-10-16(18)20(19)22(34-2)30(26)24(32)36-4/h5-12,19-22H,1-4H3/t19-,20-,21-,22+,25+,26+/m0/s1. The topological polar surface area (TPSA) is 125 Å². The molecular formula is C26H24N4O6. The lowest BCUT2D eigenvalue weighted by Crippen LogP contribution is -2.78. The van der Waals surface area contributed by atoms with Crippen molar-refractivity contribution < 1.29 is 28.5 Å². The summed E-state index contributed by atoms with van der Waals surface area (Å²) >= 11 is 0. The second-order valence-electron chi connectivity index (χ2n) is 8.80. The van der Waals surface area contributed by atoms with E-state index in [9.17, 15) is 20.1 Å². The Morgan fingerprint density at radius 1 is 0.722 bits per heavy atom. The first-order valence-electron chi connectivity index (χ1n) is 11.3. The fourth-order valence-corrected chi connectivity index (χ4v) is 6.56. The van der Waals surface area contributed by atoms with Crippen molar-refractivity contribution >= 4 is 12.2 Å². The van der Waals surface area contributed by atoms with Crippen LogP contribution in [0.5, 0.6) is 0 Å². The number of nitrogens with zero attached hydrogens (tertiary/aromatic N) is 4. The van der Waals surface area contributed by atoms with Crippen LogP contribution in [-0.4, -0.2) is 62.9 Å². The first-order valence-corrected chi connectivity index (χ1v) is 11.3. The highest BCUT2D eigenvalue weighted by molar-refractivity contribution is 5.79. The number of carbonyl (C=O) groups is 2. The Hall–Kier alpha value is -4.12. The van der Waals surface area contributed by atoms with Crippen LogP contribution in [0.1, 0.15) is 34.1 Å². The van der Waals surface area contributed by atoms with Crippen molar-refractivity contribution in [1.82, 2.24) is 9.80 Å². The molecule has 0 unspecified atom stereocenters. The monoisotopic (exact) mass is 488 g/mol. The quantitative estimate of drug-likeness (QED) is 0.631. The molecule has 0 radical (unpaired) electrons. The number of hydrogen-bond donors (Lipinski definition) is 0. The summed E-state index contributed by atoms with van der Waals surface area (Å²) in [4.78, 5) is 29.3. The van der Waals surface area contributed by atoms with E-state index in [4.69, 9.17) is 18.9 Å². The van der Waals surface area contributed by atoms with Gasteiger partial charge in [-0.25, -0.2) is 9.59 Å². The van der Waals surface area contributed by atoms with Crippen molar-refractivity contribution in [2.45, 2.75) is 35.4 Å². The molecule has 2 aliphatic heterocycles. The summed E-state index contributed by atoms with van der Waals surface area (Å²) < 4.78 is 22.2. The third-order valence-corrected chi connectivity index (χ3v) is 7.73. The number of rotatable bonds is 2. The van der Waals surface area contributed by atoms with Crippen molar-refractivity contribution in [2.75, 3.05) is 28.4 Å². The molecule has 2 aromatic rings. The third-order valence-electron chi connectivity index (χ3n) is 7.73. The number of methoxy groups -OCH3 is 4. The molecule has 6 atom stereocenters. The predicted molar refractivity (Wildman–Crippen MR) is 123 cm³/mol. The zero-order chi connectivity index (χ0) is 25.8. The molecule has 5 rings (SSSR count). The summed E-state index contributed by atoms with van der Waals surface area (Å²) in [7, 11) is 5.26. The highest BCUT2D eigenvalue weighted by Crippen LogP contribution is 2.65. The number of benzene rings is 2. The number of fused-ring (bicyclic) bond motifs is 2. The Labute approximate surface area is 208 Å². The average molecular weight is 489 g/mol. The van der Waals surface area contributed by atoms with Gasteiger partial charge in [-0.3, -0.25) is 9.80 Å². The molecule has 10 nitrogen and oxygen atoms in total. The van der Waals surface area contributed by atoms with Gasteiger partial charge >= 0.3 is 12.2 Å². The molecule has 0 N–H and O–H groups in total. The Kier molecular flexibility index (Phi) is 5.40. The molecule has 4 bridgehead atoms. The highest BCUT2D eigenvalue weighted by atomic mass is 16.6. The lowest BCUT2D eigenvalue weighted by Gasteiger charge is -2.65. The van der Waals surface area contributed by atoms with Crippen LogP contribution in [0.4, 0.5) is 9.59 Å². The summed E-state index contributed by atoms with van der Waals surface area (Å²) in [5, 5.41) is 22.2. The molecule has 0 fully saturated rings. The highest BCUT2D eigenvalue weighted by Gasteiger charge is 2.76. The van der Waals surface area contributed by atoms with Gasteiger partial charge in [0.25, 0.3) is 0 Å². The molecule has 2 amide bonds. The first kappa shape index (κ1) is 23.6. The Balaban J connectivity index is 2.09. The van der Waals surface area contributed by atoms with Gasteiger partial charge in [0.2, 0.25) is 11.1 Å². The summed E-state index contributed by atoms with van der Waals surface area (Å²) in [6, 6.07) is 18.8. The maximum atomic E-state index is 13.5. The van der Waals surface area contributed by atoms with Gasteiger partial charge in [0.05, 0.1) is 14.2 Å². The van der Waals surface area contributed by atoms with Crippen LogP contribution in [0.25, 0.3) is 0 Å². The summed E-state index contributed by atoms with van der Waals surface area (Å²) in [6.45, 7) is 0. The van der Waals surface area contributed by atoms with Gasteiger partial charge in [0.1, 0.15) is 24.6 Å². The zero-order valence-corrected chi connectivity index (χ0v) is 20.2. The maximum absolute atomic E-state index is 13.5. The Morgan fingerprint density at radius 3 is 1.39 bits per heavy atom. The van der Waals surface area contributed by atoms with Crippen molar-refractivity contribution in [1.29, 1.82) is 10.5 Å². The summed E-state index contributed by atoms with van der Waals surface area (Å²) in [5.74, 6) is -1.19. The third kappa shape index (κ3) is 2.45. The van der Waals surface area contributed by atoms with E-state index in [1.54, 1.807) is 24.3 Å². The van der Waals surface area contributed by atoms with Crippen LogP contribution in [0, 0.1) is 22.7 Å². The molecule has 0 aromatic heterocycles. The van der Waals surface area contributed by atoms with Gasteiger partial charge in [-0.15, -0.1) is 0 Å². The van der Waals surface area contributed by atoms with E-state index in [1.807, 2.05) is 24.3 Å². The van der Waals surface area contributed by atoms with E-state index in [0.717, 1.165) is 20.9 Å². The number of carbonyl (C=O) groups excluding carboxylic acids is 2. The second-order valence-corrected chi connectivity index (χ2v) is 8.80. The van der Waals surface area contributed by atoms with Crippen molar-refractivity contribution in [2.24, 2.45) is 0 Å². The molecule has 0 saturated carbocycles. The minimum Gasteiger partial charge on any atom is -0.453 e. The number of nitriles is 2. The van der Waals surface area contributed by atoms with E-state index in [1.165, 1.54) is 28.4 Å². The van der Waals surface area contributed by atoms with E-state index >= 15 is 0 Å². The van der Waals surface area contributed by atoms with Crippen molar-refractivity contribution in [3.63, 3.8) is 0 Å². The number of ether oxygens (including phenoxy) is 4. The lowest BCUT2D eigenvalue weighted by molar-refractivity contribution is -0.196. The lowest BCUT2D eigenvalue weighted by atomic mass is 9.54. The Morgan fingerprint density at radius 2 is 1.08 bits per heavy atom. The normalized spacial score (nSPS) is 31.3. The molecule has 10 heteroatoms. The summed E-state index contributed by atoms with van der Waals surface area (Å²) in [5.41, 5.74) is -1.96. The average Bonchev–Trinajstić information content (AvgIpc) is 2.92. The minimum absolute atomic E-state index is 0.403. The number of hydrogen-bond acceptors (Lipinski definition) is 8. The van der Waals surface area contributed by atoms with Gasteiger partial charge in [0, 0.05) is 26.1 Å². The van der Waals surface area contributed by atoms with Crippen molar-refractivity contribution in [3.05, 3.63) is 70.8 Å². The molecule has 184 valence electrons. The van der Waals surface area contributed by atoms with Gasteiger partial charge in [-0.1, -0.05) is 48.5 Å². The molecular weight excluding hydrogens is 464 g/mol. The van der Waals surface area contributed by atoms with Crippen LogP contribution >= 0.6 is 0 Å². The van der Waals surface area contributed by atoms with Crippen LogP contribution in [-0.2, 0) is 30.0 Å². The van der Waals surface area contributed by atoms with Crippen LogP contribution in [0.15, 0.2) is 48.5 Å². The smallest absolute Gasteiger partial charge is 0.413 e. The van der Waals surface area contributed by atoms with Gasteiger partial charge in [-0.05, 0) is 22.3 Å². The van der Waals surface area contributed by atoms with Gasteiger partial charge < -0.3 is 18.9 Å². The molecule has 0 saturated heterocycles. The van der Waals surface area contributed by atoms with E-state index in [2.05, 4.69) is 12.1 Å². The van der Waals surface area contributed by atoms with Crippen LogP contribution in [0.2, 0.25) is 0 Å². The Bertz CT molecular complexity index is 1230. The van der Waals surface area contributed by atoms with Crippen LogP contribution < -0.4 is 0 Å². The van der Waals surface area contributed by atoms with E-state index in [-0.39, 0.29) is 0 Å². The van der Waals surface area contributed by atoms with E-state index < -0.39 is 47.6 Å². The molecule has 3 aliphatic rings. The van der Waals surface area contributed by atoms with Gasteiger partial charge in [0.15, 0.2) is 0 Å². The number of amides is 2.